The number of hydrogen-bond acceptors (Lipinski definition) is 3. The maximum Gasteiger partial charge on any atom is 0.214 e. The van der Waals surface area contributed by atoms with E-state index >= 15 is 0 Å². The van der Waals surface area contributed by atoms with Gasteiger partial charge in [0.05, 0.1) is 5.75 Å². The second kappa shape index (κ2) is 4.39. The molecular formula is C10H20N2O2S. The zero-order chi connectivity index (χ0) is 10.9. The maximum atomic E-state index is 11.9. The summed E-state index contributed by atoms with van der Waals surface area (Å²) in [6, 6.07) is 0.175. The van der Waals surface area contributed by atoms with Crippen molar-refractivity contribution in [2.24, 2.45) is 5.92 Å². The van der Waals surface area contributed by atoms with E-state index in [9.17, 15) is 8.42 Å². The lowest BCUT2D eigenvalue weighted by molar-refractivity contribution is 0.386. The van der Waals surface area contributed by atoms with Crippen molar-refractivity contribution in [3.63, 3.8) is 0 Å². The number of nitrogens with one attached hydrogen (secondary N) is 1. The second-order valence-electron chi connectivity index (χ2n) is 4.71. The molecule has 88 valence electrons. The first-order chi connectivity index (χ1) is 7.09. The Labute approximate surface area is 92.1 Å². The Kier molecular flexibility index (Phi) is 3.33. The molecule has 0 spiro atoms. The van der Waals surface area contributed by atoms with Crippen LogP contribution in [0.5, 0.6) is 0 Å². The molecule has 2 fully saturated rings. The Bertz CT molecular complexity index is 305. The third-order valence-electron chi connectivity index (χ3n) is 3.47. The highest BCUT2D eigenvalue weighted by Crippen LogP contribution is 2.33. The molecule has 15 heavy (non-hydrogen) atoms. The van der Waals surface area contributed by atoms with Crippen LogP contribution in [0, 0.1) is 5.92 Å². The highest BCUT2D eigenvalue weighted by Gasteiger charge is 2.30. The molecule has 1 aliphatic carbocycles. The normalized spacial score (nSPS) is 27.5. The van der Waals surface area contributed by atoms with Gasteiger partial charge in [0, 0.05) is 19.6 Å². The van der Waals surface area contributed by atoms with Crippen molar-refractivity contribution in [3.8, 4) is 0 Å². The predicted octanol–water partition coefficient (Wildman–Crippen LogP) is 0.410. The van der Waals surface area contributed by atoms with E-state index in [1.54, 1.807) is 11.4 Å². The van der Waals surface area contributed by atoms with E-state index in [4.69, 9.17) is 0 Å². The molecule has 0 aromatic carbocycles. The topological polar surface area (TPSA) is 49.4 Å². The molecule has 4 nitrogen and oxygen atoms in total. The fourth-order valence-corrected chi connectivity index (χ4v) is 3.60. The number of hydrogen-bond donors (Lipinski definition) is 1. The van der Waals surface area contributed by atoms with Gasteiger partial charge in [0.25, 0.3) is 0 Å². The second-order valence-corrected chi connectivity index (χ2v) is 6.86. The van der Waals surface area contributed by atoms with Crippen LogP contribution in [0.1, 0.15) is 25.7 Å². The molecule has 1 N–H and O–H groups in total. The van der Waals surface area contributed by atoms with E-state index in [-0.39, 0.29) is 6.04 Å². The Balaban J connectivity index is 1.87. The zero-order valence-electron chi connectivity index (χ0n) is 9.28. The van der Waals surface area contributed by atoms with Crippen LogP contribution in [-0.2, 0) is 10.0 Å². The summed E-state index contributed by atoms with van der Waals surface area (Å²) < 4.78 is 25.5. The van der Waals surface area contributed by atoms with Crippen molar-refractivity contribution in [2.45, 2.75) is 31.7 Å². The van der Waals surface area contributed by atoms with Crippen LogP contribution in [-0.4, -0.2) is 44.7 Å². The van der Waals surface area contributed by atoms with Gasteiger partial charge in [0.1, 0.15) is 0 Å². The minimum absolute atomic E-state index is 0.175. The van der Waals surface area contributed by atoms with Crippen molar-refractivity contribution < 1.29 is 8.42 Å². The summed E-state index contributed by atoms with van der Waals surface area (Å²) in [5.74, 6) is 1.03. The summed E-state index contributed by atoms with van der Waals surface area (Å²) in [6.07, 6.45) is 4.25. The molecule has 1 saturated heterocycles. The summed E-state index contributed by atoms with van der Waals surface area (Å²) >= 11 is 0. The largest absolute Gasteiger partial charge is 0.315 e. The Morgan fingerprint density at radius 2 is 2.07 bits per heavy atom. The van der Waals surface area contributed by atoms with Crippen molar-refractivity contribution >= 4 is 10.0 Å². The Hall–Kier alpha value is -0.130. The number of likely N-dealkylation sites (N-methyl/N-ethyl adjacent to an activating group) is 1. The predicted molar refractivity (Wildman–Crippen MR) is 60.2 cm³/mol. The lowest BCUT2D eigenvalue weighted by Gasteiger charge is -2.23. The first-order valence-electron chi connectivity index (χ1n) is 5.76. The fourth-order valence-electron chi connectivity index (χ4n) is 2.04. The van der Waals surface area contributed by atoms with E-state index in [0.29, 0.717) is 11.7 Å². The smallest absolute Gasteiger partial charge is 0.214 e. The quantitative estimate of drug-likeness (QED) is 0.747. The van der Waals surface area contributed by atoms with Crippen LogP contribution in [0.15, 0.2) is 0 Å². The molecule has 1 heterocycles. The summed E-state index contributed by atoms with van der Waals surface area (Å²) in [7, 11) is -1.28. The zero-order valence-corrected chi connectivity index (χ0v) is 10.1. The average Bonchev–Trinajstić information content (AvgIpc) is 2.88. The molecule has 0 aromatic heterocycles. The van der Waals surface area contributed by atoms with E-state index in [1.807, 2.05) is 0 Å². The third-order valence-corrected chi connectivity index (χ3v) is 5.40. The number of sulfonamides is 1. The summed E-state index contributed by atoms with van der Waals surface area (Å²) in [5.41, 5.74) is 0. The molecular weight excluding hydrogens is 212 g/mol. The molecule has 2 aliphatic rings. The third kappa shape index (κ3) is 2.92. The molecule has 0 amide bonds. The van der Waals surface area contributed by atoms with E-state index in [1.165, 1.54) is 12.8 Å². The van der Waals surface area contributed by atoms with Gasteiger partial charge in [0.2, 0.25) is 10.0 Å². The van der Waals surface area contributed by atoms with Gasteiger partial charge < -0.3 is 5.32 Å². The van der Waals surface area contributed by atoms with E-state index in [0.717, 1.165) is 25.9 Å². The van der Waals surface area contributed by atoms with E-state index in [2.05, 4.69) is 5.32 Å². The van der Waals surface area contributed by atoms with Crippen LogP contribution >= 0.6 is 0 Å². The van der Waals surface area contributed by atoms with E-state index < -0.39 is 10.0 Å². The summed E-state index contributed by atoms with van der Waals surface area (Å²) in [4.78, 5) is 0. The standard InChI is InChI=1S/C10H20N2O2S/c1-12(10-4-6-11-8-10)15(13,14)7-5-9-2-3-9/h9-11H,2-8H2,1H3. The molecule has 0 bridgehead atoms. The number of rotatable bonds is 5. The van der Waals surface area contributed by atoms with Gasteiger partial charge in [-0.1, -0.05) is 12.8 Å². The first kappa shape index (κ1) is 11.4. The minimum Gasteiger partial charge on any atom is -0.315 e. The first-order valence-corrected chi connectivity index (χ1v) is 7.37. The Morgan fingerprint density at radius 3 is 2.60 bits per heavy atom. The SMILES string of the molecule is CN(C1CCNC1)S(=O)(=O)CCC1CC1. The van der Waals surface area contributed by atoms with Gasteiger partial charge in [-0.2, -0.15) is 0 Å². The highest BCUT2D eigenvalue weighted by atomic mass is 32.2. The lowest BCUT2D eigenvalue weighted by Crippen LogP contribution is -2.39. The number of nitrogens with zero attached hydrogens (tertiary/aromatic N) is 1. The fraction of sp³-hybridized carbons (Fsp3) is 1.00. The van der Waals surface area contributed by atoms with Crippen molar-refractivity contribution in [3.05, 3.63) is 0 Å². The monoisotopic (exact) mass is 232 g/mol. The molecule has 5 heteroatoms. The van der Waals surface area contributed by atoms with Crippen molar-refractivity contribution in [1.29, 1.82) is 0 Å². The van der Waals surface area contributed by atoms with Gasteiger partial charge >= 0.3 is 0 Å². The molecule has 1 saturated carbocycles. The minimum atomic E-state index is -3.01. The maximum absolute atomic E-state index is 11.9. The lowest BCUT2D eigenvalue weighted by atomic mass is 10.3. The van der Waals surface area contributed by atoms with Crippen LogP contribution in [0.2, 0.25) is 0 Å². The van der Waals surface area contributed by atoms with Crippen LogP contribution in [0.4, 0.5) is 0 Å². The average molecular weight is 232 g/mol. The van der Waals surface area contributed by atoms with Crippen LogP contribution in [0.25, 0.3) is 0 Å². The molecule has 0 radical (unpaired) electrons. The van der Waals surface area contributed by atoms with Crippen LogP contribution in [0.3, 0.4) is 0 Å². The molecule has 1 unspecified atom stereocenters. The summed E-state index contributed by atoms with van der Waals surface area (Å²) in [5, 5.41) is 3.20. The van der Waals surface area contributed by atoms with Gasteiger partial charge in [-0.05, 0) is 25.3 Å². The Morgan fingerprint density at radius 1 is 1.33 bits per heavy atom. The summed E-state index contributed by atoms with van der Waals surface area (Å²) in [6.45, 7) is 1.74. The highest BCUT2D eigenvalue weighted by molar-refractivity contribution is 7.89. The molecule has 1 atom stereocenters. The van der Waals surface area contributed by atoms with Gasteiger partial charge in [-0.25, -0.2) is 12.7 Å². The van der Waals surface area contributed by atoms with Gasteiger partial charge in [0.15, 0.2) is 0 Å². The molecule has 2 rings (SSSR count). The van der Waals surface area contributed by atoms with Crippen LogP contribution < -0.4 is 5.32 Å². The molecule has 0 aromatic rings. The van der Waals surface area contributed by atoms with Gasteiger partial charge in [-0.15, -0.1) is 0 Å². The van der Waals surface area contributed by atoms with Gasteiger partial charge in [-0.3, -0.25) is 0 Å². The molecule has 1 aliphatic heterocycles. The van der Waals surface area contributed by atoms with Crippen molar-refractivity contribution in [2.75, 3.05) is 25.9 Å². The van der Waals surface area contributed by atoms with Crippen molar-refractivity contribution in [1.82, 2.24) is 9.62 Å².